The van der Waals surface area contributed by atoms with Gasteiger partial charge in [-0.15, -0.1) is 11.3 Å². The van der Waals surface area contributed by atoms with E-state index >= 15 is 0 Å². The van der Waals surface area contributed by atoms with E-state index in [4.69, 9.17) is 0 Å². The van der Waals surface area contributed by atoms with Crippen molar-refractivity contribution in [2.24, 2.45) is 5.41 Å². The Morgan fingerprint density at radius 1 is 1.32 bits per heavy atom. The van der Waals surface area contributed by atoms with Crippen LogP contribution in [0.25, 0.3) is 10.6 Å². The van der Waals surface area contributed by atoms with Crippen molar-refractivity contribution in [2.45, 2.75) is 27.3 Å². The van der Waals surface area contributed by atoms with E-state index < -0.39 is 0 Å². The fraction of sp³-hybridized carbons (Fsp3) is 0.357. The minimum atomic E-state index is -0.371. The number of rotatable bonds is 3. The van der Waals surface area contributed by atoms with Crippen LogP contribution in [0, 0.1) is 5.41 Å². The molecule has 0 unspecified atom stereocenters. The molecule has 2 rings (SSSR count). The van der Waals surface area contributed by atoms with Crippen LogP contribution in [0.15, 0.2) is 29.9 Å². The summed E-state index contributed by atoms with van der Waals surface area (Å²) < 4.78 is 0. The first kappa shape index (κ1) is 13.7. The van der Waals surface area contributed by atoms with Crippen molar-refractivity contribution < 1.29 is 4.79 Å². The molecular formula is C14H17N3OS. The molecule has 0 bridgehead atoms. The molecule has 0 atom stereocenters. The highest BCUT2D eigenvalue weighted by atomic mass is 32.1. The fourth-order valence-electron chi connectivity index (χ4n) is 1.45. The quantitative estimate of drug-likeness (QED) is 0.937. The molecular weight excluding hydrogens is 258 g/mol. The van der Waals surface area contributed by atoms with Gasteiger partial charge in [-0.05, 0) is 12.1 Å². The van der Waals surface area contributed by atoms with Crippen molar-refractivity contribution in [3.63, 3.8) is 0 Å². The molecule has 0 aromatic carbocycles. The molecule has 0 aliphatic heterocycles. The molecule has 0 spiro atoms. The zero-order chi connectivity index (χ0) is 13.9. The Labute approximate surface area is 116 Å². The van der Waals surface area contributed by atoms with E-state index in [1.165, 1.54) is 0 Å². The van der Waals surface area contributed by atoms with E-state index in [-0.39, 0.29) is 11.3 Å². The zero-order valence-electron chi connectivity index (χ0n) is 11.3. The van der Waals surface area contributed by atoms with Crippen LogP contribution in [0.1, 0.15) is 26.5 Å². The van der Waals surface area contributed by atoms with Crippen molar-refractivity contribution >= 4 is 17.2 Å². The first-order chi connectivity index (χ1) is 8.97. The predicted octanol–water partition coefficient (Wildman–Crippen LogP) is 2.87. The van der Waals surface area contributed by atoms with Crippen molar-refractivity contribution in [1.29, 1.82) is 0 Å². The van der Waals surface area contributed by atoms with Gasteiger partial charge < -0.3 is 5.32 Å². The second kappa shape index (κ2) is 5.48. The lowest BCUT2D eigenvalue weighted by molar-refractivity contribution is -0.128. The third kappa shape index (κ3) is 3.61. The van der Waals surface area contributed by atoms with Crippen LogP contribution in [0.2, 0.25) is 0 Å². The van der Waals surface area contributed by atoms with Crippen LogP contribution in [-0.4, -0.2) is 15.9 Å². The highest BCUT2D eigenvalue weighted by Crippen LogP contribution is 2.23. The van der Waals surface area contributed by atoms with Gasteiger partial charge in [0.1, 0.15) is 5.01 Å². The van der Waals surface area contributed by atoms with Crippen LogP contribution in [-0.2, 0) is 11.3 Å². The van der Waals surface area contributed by atoms with E-state index in [0.29, 0.717) is 6.54 Å². The first-order valence-electron chi connectivity index (χ1n) is 6.10. The van der Waals surface area contributed by atoms with Gasteiger partial charge in [0, 0.05) is 28.8 Å². The van der Waals surface area contributed by atoms with Gasteiger partial charge in [-0.3, -0.25) is 9.78 Å². The van der Waals surface area contributed by atoms with Gasteiger partial charge in [0.15, 0.2) is 0 Å². The molecule has 0 saturated heterocycles. The average molecular weight is 275 g/mol. The lowest BCUT2D eigenvalue weighted by Gasteiger charge is -2.16. The largest absolute Gasteiger partial charge is 0.350 e. The van der Waals surface area contributed by atoms with E-state index in [1.807, 2.05) is 38.3 Å². The Balaban J connectivity index is 2.01. The van der Waals surface area contributed by atoms with Crippen molar-refractivity contribution in [1.82, 2.24) is 15.3 Å². The summed E-state index contributed by atoms with van der Waals surface area (Å²) in [6.45, 7) is 6.15. The SMILES string of the molecule is CC(C)(C)C(=O)NCc1csc(-c2ccncc2)n1. The van der Waals surface area contributed by atoms with Gasteiger partial charge in [-0.2, -0.15) is 0 Å². The Bertz CT molecular complexity index is 558. The van der Waals surface area contributed by atoms with Gasteiger partial charge in [-0.1, -0.05) is 20.8 Å². The Morgan fingerprint density at radius 2 is 2.00 bits per heavy atom. The summed E-state index contributed by atoms with van der Waals surface area (Å²) >= 11 is 1.57. The number of nitrogens with one attached hydrogen (secondary N) is 1. The molecule has 100 valence electrons. The highest BCUT2D eigenvalue weighted by molar-refractivity contribution is 7.13. The number of amides is 1. The summed E-state index contributed by atoms with van der Waals surface area (Å²) in [5.41, 5.74) is 1.56. The number of aromatic nitrogens is 2. The molecule has 1 amide bonds. The number of carbonyl (C=O) groups excluding carboxylic acids is 1. The summed E-state index contributed by atoms with van der Waals surface area (Å²) in [5.74, 6) is 0.0333. The number of hydrogen-bond donors (Lipinski definition) is 1. The summed E-state index contributed by atoms with van der Waals surface area (Å²) in [7, 11) is 0. The Kier molecular flexibility index (Phi) is 3.95. The first-order valence-corrected chi connectivity index (χ1v) is 6.98. The number of hydrogen-bond acceptors (Lipinski definition) is 4. The summed E-state index contributed by atoms with van der Waals surface area (Å²) in [5, 5.41) is 5.81. The van der Waals surface area contributed by atoms with E-state index in [2.05, 4.69) is 15.3 Å². The van der Waals surface area contributed by atoms with E-state index in [0.717, 1.165) is 16.3 Å². The molecule has 0 fully saturated rings. The van der Waals surface area contributed by atoms with Gasteiger partial charge in [-0.25, -0.2) is 4.98 Å². The molecule has 0 aliphatic carbocycles. The third-order valence-corrected chi connectivity index (χ3v) is 3.53. The third-order valence-electron chi connectivity index (χ3n) is 2.59. The van der Waals surface area contributed by atoms with Gasteiger partial charge in [0.2, 0.25) is 5.91 Å². The molecule has 2 aromatic heterocycles. The van der Waals surface area contributed by atoms with Gasteiger partial charge in [0.05, 0.1) is 12.2 Å². The molecule has 2 heterocycles. The van der Waals surface area contributed by atoms with Crippen LogP contribution >= 0.6 is 11.3 Å². The lowest BCUT2D eigenvalue weighted by atomic mass is 9.96. The summed E-state index contributed by atoms with van der Waals surface area (Å²) in [6, 6.07) is 3.85. The van der Waals surface area contributed by atoms with E-state index in [9.17, 15) is 4.79 Å². The maximum absolute atomic E-state index is 11.8. The van der Waals surface area contributed by atoms with Crippen molar-refractivity contribution in [3.05, 3.63) is 35.6 Å². The lowest BCUT2D eigenvalue weighted by Crippen LogP contribution is -2.34. The van der Waals surface area contributed by atoms with Crippen LogP contribution in [0.3, 0.4) is 0 Å². The smallest absolute Gasteiger partial charge is 0.225 e. The Hall–Kier alpha value is -1.75. The monoisotopic (exact) mass is 275 g/mol. The standard InChI is InChI=1S/C14H17N3OS/c1-14(2,3)13(18)16-8-11-9-19-12(17-11)10-4-6-15-7-5-10/h4-7,9H,8H2,1-3H3,(H,16,18). The number of nitrogens with zero attached hydrogens (tertiary/aromatic N) is 2. The summed E-state index contributed by atoms with van der Waals surface area (Å²) in [4.78, 5) is 20.3. The second-order valence-electron chi connectivity index (χ2n) is 5.31. The molecule has 0 radical (unpaired) electrons. The van der Waals surface area contributed by atoms with Crippen molar-refractivity contribution in [3.8, 4) is 10.6 Å². The average Bonchev–Trinajstić information content (AvgIpc) is 2.84. The normalized spacial score (nSPS) is 11.3. The molecule has 1 N–H and O–H groups in total. The summed E-state index contributed by atoms with van der Waals surface area (Å²) in [6.07, 6.45) is 3.50. The van der Waals surface area contributed by atoms with E-state index in [1.54, 1.807) is 23.7 Å². The molecule has 5 heteroatoms. The number of thiazole rings is 1. The van der Waals surface area contributed by atoms with Crippen LogP contribution in [0.4, 0.5) is 0 Å². The second-order valence-corrected chi connectivity index (χ2v) is 6.17. The number of pyridine rings is 1. The number of carbonyl (C=O) groups is 1. The molecule has 4 nitrogen and oxygen atoms in total. The maximum Gasteiger partial charge on any atom is 0.225 e. The van der Waals surface area contributed by atoms with Crippen LogP contribution in [0.5, 0.6) is 0 Å². The van der Waals surface area contributed by atoms with Crippen LogP contribution < -0.4 is 5.32 Å². The van der Waals surface area contributed by atoms with Gasteiger partial charge >= 0.3 is 0 Å². The predicted molar refractivity (Wildman–Crippen MR) is 76.6 cm³/mol. The maximum atomic E-state index is 11.8. The highest BCUT2D eigenvalue weighted by Gasteiger charge is 2.20. The minimum Gasteiger partial charge on any atom is -0.350 e. The molecule has 0 saturated carbocycles. The molecule has 0 aliphatic rings. The zero-order valence-corrected chi connectivity index (χ0v) is 12.1. The molecule has 19 heavy (non-hydrogen) atoms. The molecule has 2 aromatic rings. The minimum absolute atomic E-state index is 0.0333. The van der Waals surface area contributed by atoms with Crippen molar-refractivity contribution in [2.75, 3.05) is 0 Å². The van der Waals surface area contributed by atoms with Gasteiger partial charge in [0.25, 0.3) is 0 Å². The fourth-order valence-corrected chi connectivity index (χ4v) is 2.28. The topological polar surface area (TPSA) is 54.9 Å². The Morgan fingerprint density at radius 3 is 2.63 bits per heavy atom.